The number of para-hydroxylation sites is 5. The highest BCUT2D eigenvalue weighted by atomic mass is 16.5. The first-order valence-electron chi connectivity index (χ1n) is 19.3. The molecule has 260 valence electrons. The molecule has 1 aliphatic heterocycles. The Kier molecular flexibility index (Phi) is 5.83. The second kappa shape index (κ2) is 10.9. The first-order chi connectivity index (χ1) is 27.8. The maximum absolute atomic E-state index is 6.89. The van der Waals surface area contributed by atoms with Gasteiger partial charge in [0.1, 0.15) is 11.5 Å². The van der Waals surface area contributed by atoms with Gasteiger partial charge in [-0.05, 0) is 99.8 Å². The van der Waals surface area contributed by atoms with Gasteiger partial charge >= 0.3 is 0 Å². The van der Waals surface area contributed by atoms with Crippen LogP contribution in [0.2, 0.25) is 0 Å². The number of hydrogen-bond acceptors (Lipinski definition) is 1. The van der Waals surface area contributed by atoms with E-state index < -0.39 is 5.41 Å². The molecule has 3 heterocycles. The number of ether oxygens (including phenoxy) is 1. The highest BCUT2D eigenvalue weighted by Crippen LogP contribution is 2.63. The second-order valence-corrected chi connectivity index (χ2v) is 15.2. The zero-order valence-corrected chi connectivity index (χ0v) is 30.3. The van der Waals surface area contributed by atoms with Crippen LogP contribution in [0, 0.1) is 0 Å². The summed E-state index contributed by atoms with van der Waals surface area (Å²) >= 11 is 0. The highest BCUT2D eigenvalue weighted by Gasteiger charge is 2.51. The molecule has 9 aromatic carbocycles. The fourth-order valence-corrected chi connectivity index (χ4v) is 10.3. The molecule has 1 atom stereocenters. The number of fused-ring (bicyclic) bond motifs is 16. The number of benzene rings is 9. The van der Waals surface area contributed by atoms with E-state index in [1.807, 2.05) is 0 Å². The van der Waals surface area contributed by atoms with Crippen molar-refractivity contribution in [3.63, 3.8) is 0 Å². The average Bonchev–Trinajstić information content (AvgIpc) is 3.87. The van der Waals surface area contributed by atoms with Crippen LogP contribution in [0.15, 0.2) is 194 Å². The summed E-state index contributed by atoms with van der Waals surface area (Å²) < 4.78 is 11.8. The molecule has 1 spiro atoms. The zero-order chi connectivity index (χ0) is 36.5. The molecule has 0 amide bonds. The molecule has 11 aromatic rings. The van der Waals surface area contributed by atoms with Gasteiger partial charge in [-0.15, -0.1) is 0 Å². The summed E-state index contributed by atoms with van der Waals surface area (Å²) in [6, 6.07) is 71.3. The van der Waals surface area contributed by atoms with Gasteiger partial charge in [0.2, 0.25) is 0 Å². The SMILES string of the molecule is c1ccc2c(c1)Oc1cc3ccccc3cc1C21c2ccc(-n3c4ccccc4c4ccccc43)cc2-c2ccc(-n3c4ccccc4c4ccccc43)cc21. The molecule has 13 rings (SSSR count). The number of rotatable bonds is 2. The number of aromatic nitrogens is 2. The van der Waals surface area contributed by atoms with E-state index >= 15 is 0 Å². The van der Waals surface area contributed by atoms with Gasteiger partial charge in [-0.2, -0.15) is 0 Å². The first kappa shape index (κ1) is 30.0. The van der Waals surface area contributed by atoms with Gasteiger partial charge in [0, 0.05) is 44.0 Å². The van der Waals surface area contributed by atoms with Crippen molar-refractivity contribution in [2.75, 3.05) is 0 Å². The van der Waals surface area contributed by atoms with Gasteiger partial charge in [-0.25, -0.2) is 0 Å². The molecule has 1 unspecified atom stereocenters. The molecule has 3 heteroatoms. The summed E-state index contributed by atoms with van der Waals surface area (Å²) in [5.41, 5.74) is 13.8. The monoisotopic (exact) mass is 712 g/mol. The molecule has 56 heavy (non-hydrogen) atoms. The standard InChI is InChI=1S/C53H32N2O/c1-2-14-34-30-52-46(29-33(34)13-1)53(44-19-7-12-24-51(44)56-52)43-28-26-35(54-47-20-8-3-15-38(47)39-16-4-9-21-48(39)54)31-42(43)37-27-25-36(32-45(37)53)55-49-22-10-5-17-40(49)41-18-6-11-23-50(41)55/h1-32H. The van der Waals surface area contributed by atoms with Crippen molar-refractivity contribution >= 4 is 54.4 Å². The molecule has 2 aliphatic rings. The molecule has 0 saturated heterocycles. The van der Waals surface area contributed by atoms with Gasteiger partial charge in [-0.3, -0.25) is 0 Å². The largest absolute Gasteiger partial charge is 0.457 e. The molecular formula is C53H32N2O. The molecule has 1 aliphatic carbocycles. The van der Waals surface area contributed by atoms with Crippen LogP contribution < -0.4 is 4.74 Å². The van der Waals surface area contributed by atoms with Crippen molar-refractivity contribution in [2.45, 2.75) is 5.41 Å². The second-order valence-electron chi connectivity index (χ2n) is 15.2. The van der Waals surface area contributed by atoms with Gasteiger partial charge in [0.25, 0.3) is 0 Å². The van der Waals surface area contributed by atoms with E-state index in [4.69, 9.17) is 4.74 Å². The average molecular weight is 713 g/mol. The van der Waals surface area contributed by atoms with E-state index in [2.05, 4.69) is 203 Å². The lowest BCUT2D eigenvalue weighted by Gasteiger charge is -2.39. The molecule has 2 aromatic heterocycles. The van der Waals surface area contributed by atoms with Crippen LogP contribution in [0.3, 0.4) is 0 Å². The van der Waals surface area contributed by atoms with E-state index in [-0.39, 0.29) is 0 Å². The Balaban J connectivity index is 1.17. The van der Waals surface area contributed by atoms with Gasteiger partial charge in [0.05, 0.1) is 27.5 Å². The normalized spacial score (nSPS) is 15.4. The molecule has 0 saturated carbocycles. The van der Waals surface area contributed by atoms with E-state index in [1.165, 1.54) is 82.2 Å². The Morgan fingerprint density at radius 2 is 0.821 bits per heavy atom. The minimum absolute atomic E-state index is 0.632. The predicted molar refractivity (Wildman–Crippen MR) is 230 cm³/mol. The lowest BCUT2D eigenvalue weighted by atomic mass is 9.65. The Bertz CT molecular complexity index is 3370. The van der Waals surface area contributed by atoms with Gasteiger partial charge in [0.15, 0.2) is 0 Å². The zero-order valence-electron chi connectivity index (χ0n) is 30.3. The summed E-state index contributed by atoms with van der Waals surface area (Å²) in [6.07, 6.45) is 0. The van der Waals surface area contributed by atoms with Crippen LogP contribution in [-0.2, 0) is 5.41 Å². The van der Waals surface area contributed by atoms with Gasteiger partial charge < -0.3 is 13.9 Å². The fourth-order valence-electron chi connectivity index (χ4n) is 10.3. The van der Waals surface area contributed by atoms with E-state index in [9.17, 15) is 0 Å². The third kappa shape index (κ3) is 3.76. The van der Waals surface area contributed by atoms with Crippen molar-refractivity contribution in [2.24, 2.45) is 0 Å². The maximum Gasteiger partial charge on any atom is 0.132 e. The highest BCUT2D eigenvalue weighted by molar-refractivity contribution is 6.10. The Morgan fingerprint density at radius 1 is 0.321 bits per heavy atom. The lowest BCUT2D eigenvalue weighted by molar-refractivity contribution is 0.437. The molecular weight excluding hydrogens is 681 g/mol. The van der Waals surface area contributed by atoms with Crippen molar-refractivity contribution in [3.05, 3.63) is 216 Å². The summed E-state index contributed by atoms with van der Waals surface area (Å²) in [7, 11) is 0. The summed E-state index contributed by atoms with van der Waals surface area (Å²) in [5.74, 6) is 1.79. The number of hydrogen-bond donors (Lipinski definition) is 0. The van der Waals surface area contributed by atoms with Crippen LogP contribution >= 0.6 is 0 Å². The maximum atomic E-state index is 6.89. The molecule has 0 bridgehead atoms. The molecule has 0 N–H and O–H groups in total. The topological polar surface area (TPSA) is 19.1 Å². The van der Waals surface area contributed by atoms with E-state index in [1.54, 1.807) is 0 Å². The number of nitrogens with zero attached hydrogens (tertiary/aromatic N) is 2. The third-order valence-corrected chi connectivity index (χ3v) is 12.5. The minimum atomic E-state index is -0.632. The van der Waals surface area contributed by atoms with E-state index in [0.29, 0.717) is 0 Å². The van der Waals surface area contributed by atoms with Crippen molar-refractivity contribution in [1.82, 2.24) is 9.13 Å². The summed E-state index contributed by atoms with van der Waals surface area (Å²) in [5, 5.41) is 7.39. The summed E-state index contributed by atoms with van der Waals surface area (Å²) in [6.45, 7) is 0. The van der Waals surface area contributed by atoms with Crippen LogP contribution in [0.4, 0.5) is 0 Å². The Hall–Kier alpha value is -7.36. The first-order valence-corrected chi connectivity index (χ1v) is 19.3. The third-order valence-electron chi connectivity index (χ3n) is 12.5. The summed E-state index contributed by atoms with van der Waals surface area (Å²) in [4.78, 5) is 0. The lowest BCUT2D eigenvalue weighted by Crippen LogP contribution is -2.32. The van der Waals surface area contributed by atoms with Crippen LogP contribution in [0.25, 0.3) is 76.9 Å². The quantitative estimate of drug-likeness (QED) is 0.175. The predicted octanol–water partition coefficient (Wildman–Crippen LogP) is 13.5. The smallest absolute Gasteiger partial charge is 0.132 e. The van der Waals surface area contributed by atoms with Gasteiger partial charge in [-0.1, -0.05) is 127 Å². The molecule has 0 fully saturated rings. The van der Waals surface area contributed by atoms with Crippen LogP contribution in [-0.4, -0.2) is 9.13 Å². The minimum Gasteiger partial charge on any atom is -0.457 e. The van der Waals surface area contributed by atoms with Crippen molar-refractivity contribution in [3.8, 4) is 34.0 Å². The van der Waals surface area contributed by atoms with Crippen LogP contribution in [0.5, 0.6) is 11.5 Å². The van der Waals surface area contributed by atoms with Crippen LogP contribution in [0.1, 0.15) is 22.3 Å². The fraction of sp³-hybridized carbons (Fsp3) is 0.0189. The molecule has 0 radical (unpaired) electrons. The Labute approximate surface area is 322 Å². The molecule has 3 nitrogen and oxygen atoms in total. The van der Waals surface area contributed by atoms with Crippen molar-refractivity contribution in [1.29, 1.82) is 0 Å². The Morgan fingerprint density at radius 3 is 1.45 bits per heavy atom. The van der Waals surface area contributed by atoms with Crippen molar-refractivity contribution < 1.29 is 4.74 Å². The van der Waals surface area contributed by atoms with E-state index in [0.717, 1.165) is 28.4 Å².